The van der Waals surface area contributed by atoms with Crippen LogP contribution in [0.3, 0.4) is 0 Å². The van der Waals surface area contributed by atoms with Crippen LogP contribution in [0.1, 0.15) is 18.7 Å². The van der Waals surface area contributed by atoms with Gasteiger partial charge in [-0.05, 0) is 28.1 Å². The summed E-state index contributed by atoms with van der Waals surface area (Å²) in [5.74, 6) is 0. The molecule has 1 aromatic rings. The standard InChI is InChI=1S/C9H13BrN2OS/c1-9(2,5-12-8(11)13)6-3-4-7(10)14-6/h3-4H,5H2,1-2H3,(H3,11,12,13). The smallest absolute Gasteiger partial charge is 0.312 e. The molecule has 3 N–H and O–H groups in total. The molecular formula is C9H13BrN2OS. The predicted octanol–water partition coefficient (Wildman–Crippen LogP) is 2.46. The SMILES string of the molecule is CC(C)(CNC(N)=O)c1ccc(Br)s1. The summed E-state index contributed by atoms with van der Waals surface area (Å²) in [7, 11) is 0. The van der Waals surface area contributed by atoms with Crippen LogP contribution in [0.5, 0.6) is 0 Å². The Morgan fingerprint density at radius 3 is 2.71 bits per heavy atom. The minimum Gasteiger partial charge on any atom is -0.352 e. The van der Waals surface area contributed by atoms with E-state index in [1.54, 1.807) is 11.3 Å². The van der Waals surface area contributed by atoms with Gasteiger partial charge in [-0.15, -0.1) is 11.3 Å². The lowest BCUT2D eigenvalue weighted by Gasteiger charge is -2.22. The van der Waals surface area contributed by atoms with Crippen LogP contribution in [0.4, 0.5) is 4.79 Å². The Morgan fingerprint density at radius 2 is 2.29 bits per heavy atom. The number of hydrogen-bond acceptors (Lipinski definition) is 2. The maximum absolute atomic E-state index is 10.6. The van der Waals surface area contributed by atoms with Crippen molar-refractivity contribution in [3.8, 4) is 0 Å². The van der Waals surface area contributed by atoms with Gasteiger partial charge in [0.25, 0.3) is 0 Å². The van der Waals surface area contributed by atoms with Crippen LogP contribution in [-0.2, 0) is 5.41 Å². The zero-order chi connectivity index (χ0) is 10.8. The number of nitrogens with one attached hydrogen (secondary N) is 1. The van der Waals surface area contributed by atoms with E-state index in [9.17, 15) is 4.79 Å². The first-order valence-electron chi connectivity index (χ1n) is 4.21. The Labute approximate surface area is 95.8 Å². The largest absolute Gasteiger partial charge is 0.352 e. The second-order valence-electron chi connectivity index (χ2n) is 3.71. The summed E-state index contributed by atoms with van der Waals surface area (Å²) >= 11 is 5.08. The third-order valence-corrected chi connectivity index (χ3v) is 3.93. The van der Waals surface area contributed by atoms with Crippen molar-refractivity contribution in [1.29, 1.82) is 0 Å². The van der Waals surface area contributed by atoms with Gasteiger partial charge < -0.3 is 11.1 Å². The third-order valence-electron chi connectivity index (χ3n) is 1.94. The van der Waals surface area contributed by atoms with E-state index in [0.717, 1.165) is 3.79 Å². The lowest BCUT2D eigenvalue weighted by atomic mass is 9.91. The molecule has 0 saturated carbocycles. The van der Waals surface area contributed by atoms with Crippen molar-refractivity contribution < 1.29 is 4.79 Å². The van der Waals surface area contributed by atoms with Gasteiger partial charge in [-0.3, -0.25) is 0 Å². The average molecular weight is 277 g/mol. The highest BCUT2D eigenvalue weighted by molar-refractivity contribution is 9.11. The molecule has 1 heterocycles. The summed E-state index contributed by atoms with van der Waals surface area (Å²) in [5.41, 5.74) is 4.95. The summed E-state index contributed by atoms with van der Waals surface area (Å²) in [4.78, 5) is 11.8. The number of carbonyl (C=O) groups is 1. The first kappa shape index (κ1) is 11.5. The van der Waals surface area contributed by atoms with E-state index in [4.69, 9.17) is 5.73 Å². The molecule has 0 saturated heterocycles. The van der Waals surface area contributed by atoms with Crippen LogP contribution in [0.15, 0.2) is 15.9 Å². The highest BCUT2D eigenvalue weighted by Gasteiger charge is 2.22. The fourth-order valence-corrected chi connectivity index (χ4v) is 2.56. The Hall–Kier alpha value is -0.550. The van der Waals surface area contributed by atoms with E-state index >= 15 is 0 Å². The minimum absolute atomic E-state index is 0.0777. The quantitative estimate of drug-likeness (QED) is 0.876. The second kappa shape index (κ2) is 4.31. The van der Waals surface area contributed by atoms with Crippen LogP contribution >= 0.6 is 27.3 Å². The molecule has 0 spiro atoms. The Bertz CT molecular complexity index is 335. The number of primary amides is 1. The van der Waals surface area contributed by atoms with Crippen LogP contribution in [-0.4, -0.2) is 12.6 Å². The van der Waals surface area contributed by atoms with Gasteiger partial charge in [0.15, 0.2) is 0 Å². The lowest BCUT2D eigenvalue weighted by molar-refractivity contribution is 0.246. The highest BCUT2D eigenvalue weighted by atomic mass is 79.9. The van der Waals surface area contributed by atoms with Gasteiger partial charge in [0.05, 0.1) is 3.79 Å². The molecule has 0 atom stereocenters. The molecule has 0 aliphatic rings. The van der Waals surface area contributed by atoms with Gasteiger partial charge in [0.2, 0.25) is 0 Å². The van der Waals surface area contributed by atoms with Gasteiger partial charge in [-0.2, -0.15) is 0 Å². The first-order valence-corrected chi connectivity index (χ1v) is 5.82. The van der Waals surface area contributed by atoms with Gasteiger partial charge in [-0.25, -0.2) is 4.79 Å². The molecule has 14 heavy (non-hydrogen) atoms. The van der Waals surface area contributed by atoms with E-state index < -0.39 is 6.03 Å². The highest BCUT2D eigenvalue weighted by Crippen LogP contribution is 2.32. The molecule has 0 aliphatic heterocycles. The van der Waals surface area contributed by atoms with Crippen molar-refractivity contribution in [2.24, 2.45) is 5.73 Å². The Morgan fingerprint density at radius 1 is 1.64 bits per heavy atom. The van der Waals surface area contributed by atoms with Crippen LogP contribution < -0.4 is 11.1 Å². The average Bonchev–Trinajstić information content (AvgIpc) is 2.49. The monoisotopic (exact) mass is 276 g/mol. The first-order chi connectivity index (χ1) is 6.42. The summed E-state index contributed by atoms with van der Waals surface area (Å²) in [6, 6.07) is 3.58. The summed E-state index contributed by atoms with van der Waals surface area (Å²) in [5, 5.41) is 2.62. The number of hydrogen-bond donors (Lipinski definition) is 2. The molecule has 0 unspecified atom stereocenters. The van der Waals surface area contributed by atoms with Crippen molar-refractivity contribution in [3.05, 3.63) is 20.8 Å². The molecule has 1 aromatic heterocycles. The number of amides is 2. The molecular weight excluding hydrogens is 264 g/mol. The topological polar surface area (TPSA) is 55.1 Å². The fraction of sp³-hybridized carbons (Fsp3) is 0.444. The molecule has 0 aromatic carbocycles. The van der Waals surface area contributed by atoms with E-state index in [1.165, 1.54) is 4.88 Å². The zero-order valence-electron chi connectivity index (χ0n) is 8.13. The number of urea groups is 1. The van der Waals surface area contributed by atoms with Crippen LogP contribution in [0, 0.1) is 0 Å². The van der Waals surface area contributed by atoms with Crippen molar-refractivity contribution in [2.45, 2.75) is 19.3 Å². The van der Waals surface area contributed by atoms with Gasteiger partial charge in [-0.1, -0.05) is 13.8 Å². The molecule has 2 amide bonds. The number of halogens is 1. The van der Waals surface area contributed by atoms with Gasteiger partial charge in [0.1, 0.15) is 0 Å². The Kier molecular flexibility index (Phi) is 3.55. The molecule has 78 valence electrons. The predicted molar refractivity (Wildman–Crippen MR) is 62.6 cm³/mol. The number of nitrogens with two attached hydrogens (primary N) is 1. The van der Waals surface area contributed by atoms with E-state index in [2.05, 4.69) is 41.2 Å². The maximum Gasteiger partial charge on any atom is 0.312 e. The number of rotatable bonds is 3. The van der Waals surface area contributed by atoms with Crippen molar-refractivity contribution in [1.82, 2.24) is 5.32 Å². The minimum atomic E-state index is -0.478. The van der Waals surface area contributed by atoms with E-state index in [1.807, 2.05) is 6.07 Å². The summed E-state index contributed by atoms with van der Waals surface area (Å²) < 4.78 is 1.10. The summed E-state index contributed by atoms with van der Waals surface area (Å²) in [6.45, 7) is 4.69. The molecule has 0 aliphatic carbocycles. The Balaban J connectivity index is 2.69. The molecule has 0 fully saturated rings. The number of thiophene rings is 1. The van der Waals surface area contributed by atoms with Gasteiger partial charge in [0, 0.05) is 16.8 Å². The second-order valence-corrected chi connectivity index (χ2v) is 6.17. The molecule has 3 nitrogen and oxygen atoms in total. The van der Waals surface area contributed by atoms with Crippen molar-refractivity contribution >= 4 is 33.3 Å². The van der Waals surface area contributed by atoms with Crippen molar-refractivity contribution in [3.63, 3.8) is 0 Å². The molecule has 5 heteroatoms. The maximum atomic E-state index is 10.6. The van der Waals surface area contributed by atoms with E-state index in [-0.39, 0.29) is 5.41 Å². The van der Waals surface area contributed by atoms with Crippen molar-refractivity contribution in [2.75, 3.05) is 6.54 Å². The third kappa shape index (κ3) is 2.99. The van der Waals surface area contributed by atoms with E-state index in [0.29, 0.717) is 6.54 Å². The summed E-state index contributed by atoms with van der Waals surface area (Å²) in [6.07, 6.45) is 0. The zero-order valence-corrected chi connectivity index (χ0v) is 10.5. The number of carbonyl (C=O) groups excluding carboxylic acids is 1. The lowest BCUT2D eigenvalue weighted by Crippen LogP contribution is -2.39. The fourth-order valence-electron chi connectivity index (χ4n) is 1.07. The molecule has 0 bridgehead atoms. The molecule has 0 radical (unpaired) electrons. The van der Waals surface area contributed by atoms with Crippen LogP contribution in [0.2, 0.25) is 0 Å². The molecule has 1 rings (SSSR count). The van der Waals surface area contributed by atoms with Crippen LogP contribution in [0.25, 0.3) is 0 Å². The van der Waals surface area contributed by atoms with Gasteiger partial charge >= 0.3 is 6.03 Å². The normalized spacial score (nSPS) is 11.4.